The quantitative estimate of drug-likeness (QED) is 0.0804. The molecule has 2 aliphatic heterocycles. The molecule has 0 amide bonds. The first-order valence-corrected chi connectivity index (χ1v) is 22.3. The third-order valence-corrected chi connectivity index (χ3v) is 12.6. The van der Waals surface area contributed by atoms with E-state index < -0.39 is 24.1 Å². The Morgan fingerprint density at radius 2 is 0.939 bits per heavy atom. The van der Waals surface area contributed by atoms with Crippen molar-refractivity contribution in [1.82, 2.24) is 9.97 Å². The number of carbonyl (C=O) groups excluding carboxylic acids is 2. The molecule has 16 nitrogen and oxygen atoms in total. The second-order valence-corrected chi connectivity index (χ2v) is 16.3. The molecule has 4 heterocycles. The zero-order valence-corrected chi connectivity index (χ0v) is 38.6. The number of aliphatic imine (C=N–C) groups is 2. The minimum atomic E-state index is -0.620. The van der Waals surface area contributed by atoms with Crippen LogP contribution in [0.5, 0.6) is 46.3 Å². The largest absolute Gasteiger partial charge is 0.493 e. The monoisotopic (exact) mass is 904 g/mol. The molecule has 0 saturated heterocycles. The Morgan fingerprint density at radius 3 is 1.30 bits per heavy atom. The third-order valence-electron chi connectivity index (χ3n) is 12.6. The predicted octanol–water partition coefficient (Wildman–Crippen LogP) is 7.38. The molecule has 0 N–H and O–H groups in total. The van der Waals surface area contributed by atoms with Gasteiger partial charge < -0.3 is 47.4 Å². The van der Waals surface area contributed by atoms with Crippen LogP contribution in [0.25, 0.3) is 0 Å². The van der Waals surface area contributed by atoms with Crippen LogP contribution in [0.4, 0.5) is 0 Å². The molecule has 348 valence electrons. The highest BCUT2D eigenvalue weighted by Gasteiger charge is 2.41. The van der Waals surface area contributed by atoms with Gasteiger partial charge in [0.25, 0.3) is 11.8 Å². The summed E-state index contributed by atoms with van der Waals surface area (Å²) >= 11 is 0. The maximum atomic E-state index is 13.3. The highest BCUT2D eigenvalue weighted by molar-refractivity contribution is 6.16. The van der Waals surface area contributed by atoms with Crippen LogP contribution in [-0.4, -0.2) is 113 Å². The lowest BCUT2D eigenvalue weighted by atomic mass is 9.74. The van der Waals surface area contributed by atoms with Gasteiger partial charge in [-0.25, -0.2) is 19.6 Å². The summed E-state index contributed by atoms with van der Waals surface area (Å²) in [5.74, 6) is 2.70. The smallest absolute Gasteiger partial charge is 0.331 e. The molecule has 2 saturated carbocycles. The molecule has 0 radical (unpaired) electrons. The van der Waals surface area contributed by atoms with Crippen molar-refractivity contribution in [2.75, 3.05) is 55.9 Å². The van der Waals surface area contributed by atoms with Gasteiger partial charge in [-0.05, 0) is 99.9 Å². The van der Waals surface area contributed by atoms with Crippen LogP contribution in [0.2, 0.25) is 0 Å². The average molecular weight is 905 g/mol. The van der Waals surface area contributed by atoms with E-state index in [2.05, 4.69) is 9.97 Å². The summed E-state index contributed by atoms with van der Waals surface area (Å²) in [6, 6.07) is 11.4. The van der Waals surface area contributed by atoms with E-state index in [1.54, 1.807) is 55.1 Å². The summed E-state index contributed by atoms with van der Waals surface area (Å²) in [7, 11) is 9.43. The van der Waals surface area contributed by atoms with Crippen LogP contribution >= 0.6 is 0 Å². The molecule has 16 heteroatoms. The van der Waals surface area contributed by atoms with Crippen molar-refractivity contribution in [3.63, 3.8) is 0 Å². The van der Waals surface area contributed by atoms with Crippen molar-refractivity contribution in [2.45, 2.75) is 88.5 Å². The maximum Gasteiger partial charge on any atom is 0.331 e. The Labute approximate surface area is 384 Å². The Hall–Kier alpha value is -6.84. The number of hydrogen-bond donors (Lipinski definition) is 0. The van der Waals surface area contributed by atoms with E-state index in [1.807, 2.05) is 50.2 Å². The Morgan fingerprint density at radius 1 is 0.530 bits per heavy atom. The van der Waals surface area contributed by atoms with Crippen LogP contribution in [0, 0.1) is 0 Å². The lowest BCUT2D eigenvalue weighted by Crippen LogP contribution is -2.36. The number of hydrogen-bond acceptors (Lipinski definition) is 16. The fraction of sp³-hybridized carbons (Fsp3) is 0.440. The van der Waals surface area contributed by atoms with Gasteiger partial charge in [0.15, 0.2) is 34.5 Å². The number of pyridine rings is 2. The van der Waals surface area contributed by atoms with Crippen molar-refractivity contribution < 1.29 is 57.0 Å². The standard InChI is InChI=1S/C50H56N4O12/c1-9-63-41-21-31-33-19-29(11-13-37(33)53-47(35(31)23-39(41)57-3)27-17-43(59-5)49(61-7)51-25-27)65-45(55)15-16-46(56)66-30-12-14-38-34(20-30)32-22-42(64-10-2)40(58-4)24-36(32)48(54-38)28-18-44(60-6)50(62-8)52-26-28/h15-18,21-26,29-30,33-34,37-38H,9-14,19-20H2,1-8H3/b16-15+/t29-,30-,33-,34-,37-,38-/m1/s1. The normalized spacial score (nSPS) is 21.6. The van der Waals surface area contributed by atoms with Crippen LogP contribution in [0.3, 0.4) is 0 Å². The first-order valence-electron chi connectivity index (χ1n) is 22.3. The number of benzene rings is 2. The van der Waals surface area contributed by atoms with Gasteiger partial charge in [0.1, 0.15) is 12.2 Å². The van der Waals surface area contributed by atoms with Crippen molar-refractivity contribution in [3.05, 3.63) is 94.3 Å². The minimum absolute atomic E-state index is 0.0793. The molecular weight excluding hydrogens is 849 g/mol. The summed E-state index contributed by atoms with van der Waals surface area (Å²) in [5.41, 5.74) is 6.77. The van der Waals surface area contributed by atoms with Crippen LogP contribution in [0.15, 0.2) is 70.9 Å². The van der Waals surface area contributed by atoms with E-state index in [0.29, 0.717) is 98.0 Å². The van der Waals surface area contributed by atoms with Crippen molar-refractivity contribution >= 4 is 23.4 Å². The van der Waals surface area contributed by atoms with Crippen molar-refractivity contribution in [2.24, 2.45) is 9.98 Å². The van der Waals surface area contributed by atoms with Gasteiger partial charge in [-0.1, -0.05) is 0 Å². The topological polar surface area (TPSA) is 177 Å². The van der Waals surface area contributed by atoms with E-state index in [4.69, 9.17) is 57.4 Å². The molecule has 0 unspecified atom stereocenters. The lowest BCUT2D eigenvalue weighted by Gasteiger charge is -2.38. The summed E-state index contributed by atoms with van der Waals surface area (Å²) in [4.78, 5) is 46.1. The fourth-order valence-corrected chi connectivity index (χ4v) is 9.65. The molecule has 0 bridgehead atoms. The fourth-order valence-electron chi connectivity index (χ4n) is 9.65. The van der Waals surface area contributed by atoms with Gasteiger partial charge in [-0.3, -0.25) is 9.98 Å². The van der Waals surface area contributed by atoms with Crippen LogP contribution in [0.1, 0.15) is 97.6 Å². The van der Waals surface area contributed by atoms with Crippen LogP contribution < -0.4 is 37.9 Å². The minimum Gasteiger partial charge on any atom is -0.493 e. The highest BCUT2D eigenvalue weighted by Crippen LogP contribution is 2.48. The zero-order chi connectivity index (χ0) is 46.5. The van der Waals surface area contributed by atoms with Gasteiger partial charge in [0.2, 0.25) is 0 Å². The van der Waals surface area contributed by atoms with E-state index >= 15 is 0 Å². The molecule has 4 aliphatic rings. The van der Waals surface area contributed by atoms with Gasteiger partial charge in [0.05, 0.1) is 79.4 Å². The molecular formula is C50H56N4O12. The molecule has 2 fully saturated rings. The molecule has 2 aromatic carbocycles. The van der Waals surface area contributed by atoms with E-state index in [9.17, 15) is 9.59 Å². The van der Waals surface area contributed by atoms with Gasteiger partial charge in [-0.15, -0.1) is 0 Å². The second-order valence-electron chi connectivity index (χ2n) is 16.3. The lowest BCUT2D eigenvalue weighted by molar-refractivity contribution is -0.147. The van der Waals surface area contributed by atoms with E-state index in [0.717, 1.165) is 57.0 Å². The number of esters is 2. The third kappa shape index (κ3) is 9.18. The Balaban J connectivity index is 0.955. The maximum absolute atomic E-state index is 13.3. The van der Waals surface area contributed by atoms with E-state index in [-0.39, 0.29) is 23.9 Å². The second kappa shape index (κ2) is 20.1. The van der Waals surface area contributed by atoms with Gasteiger partial charge in [0, 0.05) is 58.6 Å². The van der Waals surface area contributed by atoms with Crippen LogP contribution in [-0.2, 0) is 19.1 Å². The molecule has 66 heavy (non-hydrogen) atoms. The molecule has 2 aromatic heterocycles. The van der Waals surface area contributed by atoms with Crippen molar-refractivity contribution in [3.8, 4) is 46.3 Å². The highest BCUT2D eigenvalue weighted by atomic mass is 16.6. The Kier molecular flexibility index (Phi) is 13.9. The number of methoxy groups -OCH3 is 6. The first kappa shape index (κ1) is 45.7. The van der Waals surface area contributed by atoms with Gasteiger partial charge in [-0.2, -0.15) is 0 Å². The summed E-state index contributed by atoms with van der Waals surface area (Å²) in [6.07, 6.45) is 8.47. The Bertz CT molecular complexity index is 2380. The summed E-state index contributed by atoms with van der Waals surface area (Å²) < 4.78 is 57.4. The predicted molar refractivity (Wildman–Crippen MR) is 244 cm³/mol. The number of rotatable bonds is 16. The number of fused-ring (bicyclic) bond motifs is 6. The molecule has 2 aliphatic carbocycles. The molecule has 6 atom stereocenters. The van der Waals surface area contributed by atoms with Crippen molar-refractivity contribution in [1.29, 1.82) is 0 Å². The average Bonchev–Trinajstić information content (AvgIpc) is 3.34. The SMILES string of the molecule is CCOc1cc2c(cc1OC)C(c1cnc(OC)c(OC)c1)=N[C@@H]1CC[C@@H](OC(=O)/C=C/C(=O)O[C@@H]3CC[C@H]4N=C(c5cnc(OC)c(OC)c5)c5cc(OC)c(OCC)cc5[C@H]4C3)C[C@H]21. The number of ether oxygens (including phenoxy) is 10. The molecule has 8 rings (SSSR count). The molecule has 0 spiro atoms. The zero-order valence-electron chi connectivity index (χ0n) is 38.6. The summed E-state index contributed by atoms with van der Waals surface area (Å²) in [6.45, 7) is 4.75. The first-order chi connectivity index (χ1) is 32.1. The summed E-state index contributed by atoms with van der Waals surface area (Å²) in [5, 5.41) is 0. The number of aromatic nitrogens is 2. The van der Waals surface area contributed by atoms with E-state index in [1.165, 1.54) is 0 Å². The van der Waals surface area contributed by atoms with Gasteiger partial charge >= 0.3 is 11.9 Å². The number of nitrogens with zero attached hydrogens (tertiary/aromatic N) is 4. The number of carbonyl (C=O) groups is 2. The molecule has 4 aromatic rings.